The number of rotatable bonds is 5. The third-order valence-corrected chi connectivity index (χ3v) is 6.93. The van der Waals surface area contributed by atoms with E-state index in [1.807, 2.05) is 77.7 Å². The van der Waals surface area contributed by atoms with Crippen LogP contribution >= 0.6 is 0 Å². The van der Waals surface area contributed by atoms with Crippen molar-refractivity contribution < 1.29 is 9.59 Å². The van der Waals surface area contributed by atoms with Crippen LogP contribution in [0.15, 0.2) is 91.1 Å². The number of hydrogen-bond donors (Lipinski definition) is 1. The number of amides is 2. The number of aromatic nitrogens is 1. The lowest BCUT2D eigenvalue weighted by atomic mass is 9.80. The summed E-state index contributed by atoms with van der Waals surface area (Å²) in [5.74, 6) is -0.771. The zero-order valence-electron chi connectivity index (χ0n) is 19.1. The summed E-state index contributed by atoms with van der Waals surface area (Å²) in [4.78, 5) is 33.6. The maximum absolute atomic E-state index is 13.6. The molecule has 2 aromatic carbocycles. The third-order valence-electron chi connectivity index (χ3n) is 6.93. The van der Waals surface area contributed by atoms with E-state index in [2.05, 4.69) is 22.4 Å². The Morgan fingerprint density at radius 3 is 2.32 bits per heavy atom. The molecular weight excluding hydrogens is 422 g/mol. The van der Waals surface area contributed by atoms with Gasteiger partial charge in [-0.25, -0.2) is 0 Å². The molecule has 34 heavy (non-hydrogen) atoms. The number of benzene rings is 2. The fourth-order valence-electron chi connectivity index (χ4n) is 5.06. The average Bonchev–Trinajstić information content (AvgIpc) is 2.92. The molecule has 3 atom stereocenters. The van der Waals surface area contributed by atoms with Crippen molar-refractivity contribution in [1.29, 1.82) is 0 Å². The topological polar surface area (TPSA) is 62.3 Å². The molecule has 0 fully saturated rings. The number of hydrogen-bond acceptors (Lipinski definition) is 3. The van der Waals surface area contributed by atoms with Crippen LogP contribution in [0.5, 0.6) is 0 Å². The molecule has 0 spiro atoms. The molecule has 2 amide bonds. The minimum atomic E-state index is -0.399. The second-order valence-electron chi connectivity index (χ2n) is 9.04. The van der Waals surface area contributed by atoms with E-state index in [9.17, 15) is 9.59 Å². The predicted molar refractivity (Wildman–Crippen MR) is 132 cm³/mol. The fraction of sp³-hybridized carbons (Fsp3) is 0.276. The van der Waals surface area contributed by atoms with E-state index in [1.165, 1.54) is 11.1 Å². The van der Waals surface area contributed by atoms with Crippen molar-refractivity contribution in [3.63, 3.8) is 0 Å². The lowest BCUT2D eigenvalue weighted by Crippen LogP contribution is -2.46. The quantitative estimate of drug-likeness (QED) is 0.583. The molecule has 3 aromatic rings. The van der Waals surface area contributed by atoms with E-state index in [-0.39, 0.29) is 23.8 Å². The second-order valence-corrected chi connectivity index (χ2v) is 9.04. The molecule has 0 bridgehead atoms. The van der Waals surface area contributed by atoms with Gasteiger partial charge in [0.1, 0.15) is 0 Å². The Balaban J connectivity index is 1.35. The number of allylic oxidation sites excluding steroid dienone is 2. The van der Waals surface area contributed by atoms with Gasteiger partial charge >= 0.3 is 0 Å². The number of nitrogens with one attached hydrogen (secondary N) is 1. The summed E-state index contributed by atoms with van der Waals surface area (Å²) in [6.45, 7) is 1.31. The molecule has 2 heterocycles. The molecule has 1 aromatic heterocycles. The molecule has 1 aliphatic carbocycles. The highest BCUT2D eigenvalue weighted by atomic mass is 16.2. The van der Waals surface area contributed by atoms with Gasteiger partial charge in [0, 0.05) is 19.3 Å². The Morgan fingerprint density at radius 2 is 1.56 bits per heavy atom. The van der Waals surface area contributed by atoms with Gasteiger partial charge in [0.15, 0.2) is 0 Å². The van der Waals surface area contributed by atoms with E-state index in [1.54, 1.807) is 6.20 Å². The lowest BCUT2D eigenvalue weighted by Gasteiger charge is -2.35. The Labute approximate surface area is 200 Å². The summed E-state index contributed by atoms with van der Waals surface area (Å²) in [7, 11) is 0. The highest BCUT2D eigenvalue weighted by molar-refractivity contribution is 5.89. The maximum atomic E-state index is 13.6. The molecule has 0 saturated carbocycles. The van der Waals surface area contributed by atoms with Crippen molar-refractivity contribution in [1.82, 2.24) is 15.2 Å². The number of pyridine rings is 1. The highest BCUT2D eigenvalue weighted by Crippen LogP contribution is 2.31. The van der Waals surface area contributed by atoms with E-state index < -0.39 is 5.92 Å². The van der Waals surface area contributed by atoms with Crippen molar-refractivity contribution in [3.05, 3.63) is 114 Å². The molecule has 5 nitrogen and oxygen atoms in total. The van der Waals surface area contributed by atoms with Crippen molar-refractivity contribution >= 4 is 11.8 Å². The second kappa shape index (κ2) is 10.0. The Bertz CT molecular complexity index is 1140. The van der Waals surface area contributed by atoms with Crippen LogP contribution < -0.4 is 5.32 Å². The standard InChI is InChI=1S/C29H29N3O2/c33-28(31-27(22-11-2-1-3-12-22)26-16-8-9-18-30-26)24-14-6-7-15-25(24)29(34)32-19-17-21-10-4-5-13-23(21)20-32/h1-13,16,18,24-25,27H,14-15,17,19-20H2,(H,31,33). The van der Waals surface area contributed by atoms with Gasteiger partial charge in [0.05, 0.1) is 23.6 Å². The minimum absolute atomic E-state index is 0.0769. The summed E-state index contributed by atoms with van der Waals surface area (Å²) in [6, 6.07) is 23.5. The molecule has 5 heteroatoms. The van der Waals surface area contributed by atoms with Gasteiger partial charge in [-0.15, -0.1) is 0 Å². The Kier molecular flexibility index (Phi) is 6.52. The van der Waals surface area contributed by atoms with Gasteiger partial charge in [-0.3, -0.25) is 14.6 Å². The van der Waals surface area contributed by atoms with Crippen molar-refractivity contribution in [2.45, 2.75) is 31.8 Å². The van der Waals surface area contributed by atoms with E-state index in [4.69, 9.17) is 0 Å². The third kappa shape index (κ3) is 4.65. The molecule has 0 radical (unpaired) electrons. The van der Waals surface area contributed by atoms with Gasteiger partial charge in [0.25, 0.3) is 0 Å². The number of fused-ring (bicyclic) bond motifs is 1. The van der Waals surface area contributed by atoms with E-state index >= 15 is 0 Å². The molecular formula is C29H29N3O2. The monoisotopic (exact) mass is 451 g/mol. The van der Waals surface area contributed by atoms with Crippen LogP contribution in [0, 0.1) is 11.8 Å². The molecule has 1 aliphatic heterocycles. The zero-order chi connectivity index (χ0) is 23.3. The Morgan fingerprint density at radius 1 is 0.853 bits per heavy atom. The van der Waals surface area contributed by atoms with Crippen LogP contribution in [0.1, 0.15) is 41.3 Å². The normalized spacial score (nSPS) is 20.3. The first-order valence-electron chi connectivity index (χ1n) is 12.0. The average molecular weight is 452 g/mol. The highest BCUT2D eigenvalue weighted by Gasteiger charge is 2.38. The summed E-state index contributed by atoms with van der Waals surface area (Å²) in [6.07, 6.45) is 7.82. The number of carbonyl (C=O) groups is 2. The SMILES string of the molecule is O=C(NC(c1ccccc1)c1ccccn1)C1CC=CCC1C(=O)N1CCc2ccccc2C1. The molecule has 172 valence electrons. The molecule has 1 N–H and O–H groups in total. The lowest BCUT2D eigenvalue weighted by molar-refractivity contribution is -0.143. The molecule has 3 unspecified atom stereocenters. The van der Waals surface area contributed by atoms with Gasteiger partial charge in [0.2, 0.25) is 11.8 Å². The van der Waals surface area contributed by atoms with Crippen molar-refractivity contribution in [3.8, 4) is 0 Å². The van der Waals surface area contributed by atoms with E-state index in [0.29, 0.717) is 25.9 Å². The van der Waals surface area contributed by atoms with Crippen LogP contribution in [0.2, 0.25) is 0 Å². The smallest absolute Gasteiger partial charge is 0.227 e. The van der Waals surface area contributed by atoms with Gasteiger partial charge in [-0.05, 0) is 48.1 Å². The van der Waals surface area contributed by atoms with Crippen LogP contribution in [0.25, 0.3) is 0 Å². The number of carbonyl (C=O) groups excluding carboxylic acids is 2. The zero-order valence-corrected chi connectivity index (χ0v) is 19.1. The van der Waals surface area contributed by atoms with Gasteiger partial charge < -0.3 is 10.2 Å². The maximum Gasteiger partial charge on any atom is 0.227 e. The number of nitrogens with zero attached hydrogens (tertiary/aromatic N) is 2. The van der Waals surface area contributed by atoms with Crippen LogP contribution in [0.4, 0.5) is 0 Å². The van der Waals surface area contributed by atoms with Crippen molar-refractivity contribution in [2.75, 3.05) is 6.54 Å². The first-order valence-corrected chi connectivity index (χ1v) is 12.0. The summed E-state index contributed by atoms with van der Waals surface area (Å²) in [5.41, 5.74) is 4.26. The molecule has 5 rings (SSSR count). The fourth-order valence-corrected chi connectivity index (χ4v) is 5.06. The first kappa shape index (κ1) is 22.1. The molecule has 2 aliphatic rings. The predicted octanol–water partition coefficient (Wildman–Crippen LogP) is 4.45. The largest absolute Gasteiger partial charge is 0.343 e. The summed E-state index contributed by atoms with van der Waals surface area (Å²) < 4.78 is 0. The summed E-state index contributed by atoms with van der Waals surface area (Å²) >= 11 is 0. The summed E-state index contributed by atoms with van der Waals surface area (Å²) in [5, 5.41) is 3.22. The van der Waals surface area contributed by atoms with Crippen LogP contribution in [-0.4, -0.2) is 28.2 Å². The molecule has 0 saturated heterocycles. The van der Waals surface area contributed by atoms with Crippen LogP contribution in [0.3, 0.4) is 0 Å². The van der Waals surface area contributed by atoms with Crippen molar-refractivity contribution in [2.24, 2.45) is 11.8 Å². The van der Waals surface area contributed by atoms with Gasteiger partial charge in [-0.1, -0.05) is 72.8 Å². The van der Waals surface area contributed by atoms with Gasteiger partial charge in [-0.2, -0.15) is 0 Å². The Hall–Kier alpha value is -3.73. The first-order chi connectivity index (χ1) is 16.7. The van der Waals surface area contributed by atoms with E-state index in [0.717, 1.165) is 17.7 Å². The minimum Gasteiger partial charge on any atom is -0.343 e. The van der Waals surface area contributed by atoms with Crippen LogP contribution in [-0.2, 0) is 22.6 Å².